The first-order valence-electron chi connectivity index (χ1n) is 5.74. The van der Waals surface area contributed by atoms with E-state index in [1.54, 1.807) is 41.2 Å². The van der Waals surface area contributed by atoms with Crippen molar-refractivity contribution in [1.29, 1.82) is 5.26 Å². The van der Waals surface area contributed by atoms with E-state index in [1.165, 1.54) is 6.07 Å². The second-order valence-corrected chi connectivity index (χ2v) is 4.08. The highest BCUT2D eigenvalue weighted by Crippen LogP contribution is 2.17. The SMILES string of the molecule is N#Cc1nn(Cc2ccccc2F)c2ncccc12. The summed E-state index contributed by atoms with van der Waals surface area (Å²) >= 11 is 0. The van der Waals surface area contributed by atoms with Gasteiger partial charge >= 0.3 is 0 Å². The topological polar surface area (TPSA) is 54.5 Å². The quantitative estimate of drug-likeness (QED) is 0.704. The molecule has 0 aliphatic heterocycles. The van der Waals surface area contributed by atoms with Gasteiger partial charge in [0.05, 0.1) is 11.9 Å². The van der Waals surface area contributed by atoms with E-state index in [-0.39, 0.29) is 12.4 Å². The monoisotopic (exact) mass is 252 g/mol. The molecule has 0 aliphatic rings. The first-order chi connectivity index (χ1) is 9.29. The summed E-state index contributed by atoms with van der Waals surface area (Å²) in [5.74, 6) is -0.291. The van der Waals surface area contributed by atoms with Crippen LogP contribution in [0.5, 0.6) is 0 Å². The molecule has 1 aromatic carbocycles. The summed E-state index contributed by atoms with van der Waals surface area (Å²) < 4.78 is 15.2. The molecule has 0 aliphatic carbocycles. The number of nitrogens with zero attached hydrogens (tertiary/aromatic N) is 4. The molecule has 0 atom stereocenters. The minimum Gasteiger partial charge on any atom is -0.241 e. The largest absolute Gasteiger partial charge is 0.241 e. The predicted octanol–water partition coefficient (Wildman–Crippen LogP) is 2.49. The molecule has 2 heterocycles. The van der Waals surface area contributed by atoms with E-state index in [9.17, 15) is 4.39 Å². The van der Waals surface area contributed by atoms with Gasteiger partial charge in [-0.15, -0.1) is 0 Å². The Morgan fingerprint density at radius 1 is 1.21 bits per heavy atom. The molecule has 3 rings (SSSR count). The summed E-state index contributed by atoms with van der Waals surface area (Å²) in [5, 5.41) is 13.9. The average molecular weight is 252 g/mol. The van der Waals surface area contributed by atoms with Crippen LogP contribution in [-0.4, -0.2) is 14.8 Å². The van der Waals surface area contributed by atoms with Crippen molar-refractivity contribution < 1.29 is 4.39 Å². The smallest absolute Gasteiger partial charge is 0.172 e. The van der Waals surface area contributed by atoms with Crippen molar-refractivity contribution in [3.8, 4) is 6.07 Å². The molecular weight excluding hydrogens is 243 g/mol. The fraction of sp³-hybridized carbons (Fsp3) is 0.0714. The molecule has 2 aromatic heterocycles. The molecule has 4 nitrogen and oxygen atoms in total. The number of hydrogen-bond acceptors (Lipinski definition) is 3. The van der Waals surface area contributed by atoms with Gasteiger partial charge in [-0.1, -0.05) is 18.2 Å². The minimum atomic E-state index is -0.291. The molecule has 0 saturated heterocycles. The lowest BCUT2D eigenvalue weighted by atomic mass is 10.2. The second-order valence-electron chi connectivity index (χ2n) is 4.08. The molecule has 0 radical (unpaired) electrons. The number of pyridine rings is 1. The zero-order valence-corrected chi connectivity index (χ0v) is 9.92. The number of rotatable bonds is 2. The zero-order valence-electron chi connectivity index (χ0n) is 9.92. The lowest BCUT2D eigenvalue weighted by Gasteiger charge is -2.03. The average Bonchev–Trinajstić information content (AvgIpc) is 2.80. The van der Waals surface area contributed by atoms with E-state index in [1.807, 2.05) is 6.07 Å². The lowest BCUT2D eigenvalue weighted by molar-refractivity contribution is 0.589. The van der Waals surface area contributed by atoms with Crippen LogP contribution in [-0.2, 0) is 6.54 Å². The normalized spacial score (nSPS) is 10.5. The van der Waals surface area contributed by atoms with Crippen molar-refractivity contribution in [3.63, 3.8) is 0 Å². The summed E-state index contributed by atoms with van der Waals surface area (Å²) in [6.45, 7) is 0.252. The van der Waals surface area contributed by atoms with Crippen LogP contribution in [0.4, 0.5) is 4.39 Å². The summed E-state index contributed by atoms with van der Waals surface area (Å²) in [6.07, 6.45) is 1.63. The van der Waals surface area contributed by atoms with Crippen LogP contribution < -0.4 is 0 Å². The Morgan fingerprint density at radius 3 is 2.84 bits per heavy atom. The summed E-state index contributed by atoms with van der Waals surface area (Å²) in [6, 6.07) is 12.1. The van der Waals surface area contributed by atoms with Gasteiger partial charge in [0.2, 0.25) is 0 Å². The van der Waals surface area contributed by atoms with E-state index in [0.717, 1.165) is 0 Å². The number of hydrogen-bond donors (Lipinski definition) is 0. The van der Waals surface area contributed by atoms with Crippen LogP contribution in [0.15, 0.2) is 42.6 Å². The Hall–Kier alpha value is -2.74. The minimum absolute atomic E-state index is 0.252. The molecule has 5 heteroatoms. The van der Waals surface area contributed by atoms with Crippen LogP contribution in [0.1, 0.15) is 11.3 Å². The maximum absolute atomic E-state index is 13.6. The third-order valence-electron chi connectivity index (χ3n) is 2.89. The Bertz CT molecular complexity index is 785. The first-order valence-corrected chi connectivity index (χ1v) is 5.74. The van der Waals surface area contributed by atoms with Gasteiger partial charge in [0.25, 0.3) is 0 Å². The third-order valence-corrected chi connectivity index (χ3v) is 2.89. The van der Waals surface area contributed by atoms with E-state index in [4.69, 9.17) is 5.26 Å². The molecular formula is C14H9FN4. The number of aromatic nitrogens is 3. The standard InChI is InChI=1S/C14H9FN4/c15-12-6-2-1-4-10(12)9-19-14-11(5-3-7-17-14)13(8-16)18-19/h1-7H,9H2. The highest BCUT2D eigenvalue weighted by Gasteiger charge is 2.12. The summed E-state index contributed by atoms with van der Waals surface area (Å²) in [5.41, 5.74) is 1.41. The highest BCUT2D eigenvalue weighted by molar-refractivity contribution is 5.80. The Kier molecular flexibility index (Phi) is 2.69. The van der Waals surface area contributed by atoms with E-state index >= 15 is 0 Å². The van der Waals surface area contributed by atoms with Gasteiger partial charge in [0.1, 0.15) is 11.9 Å². The zero-order chi connectivity index (χ0) is 13.2. The van der Waals surface area contributed by atoms with Gasteiger partial charge < -0.3 is 0 Å². The molecule has 19 heavy (non-hydrogen) atoms. The maximum atomic E-state index is 13.6. The van der Waals surface area contributed by atoms with Crippen LogP contribution in [0.3, 0.4) is 0 Å². The van der Waals surface area contributed by atoms with Crippen molar-refractivity contribution in [2.45, 2.75) is 6.54 Å². The van der Waals surface area contributed by atoms with E-state index in [2.05, 4.69) is 10.1 Å². The predicted molar refractivity (Wildman–Crippen MR) is 67.7 cm³/mol. The second kappa shape index (κ2) is 4.50. The van der Waals surface area contributed by atoms with Crippen molar-refractivity contribution in [2.75, 3.05) is 0 Å². The third kappa shape index (κ3) is 1.93. The molecule has 0 unspecified atom stereocenters. The summed E-state index contributed by atoms with van der Waals surface area (Å²) in [7, 11) is 0. The number of fused-ring (bicyclic) bond motifs is 1. The van der Waals surface area contributed by atoms with Gasteiger partial charge in [-0.2, -0.15) is 10.4 Å². The van der Waals surface area contributed by atoms with Gasteiger partial charge in [0.15, 0.2) is 11.3 Å². The van der Waals surface area contributed by atoms with Crippen LogP contribution in [0.25, 0.3) is 11.0 Å². The molecule has 0 fully saturated rings. The molecule has 0 spiro atoms. The Labute approximate surface area is 108 Å². The highest BCUT2D eigenvalue weighted by atomic mass is 19.1. The Morgan fingerprint density at radius 2 is 2.05 bits per heavy atom. The molecule has 0 N–H and O–H groups in total. The lowest BCUT2D eigenvalue weighted by Crippen LogP contribution is -2.04. The number of halogens is 1. The van der Waals surface area contributed by atoms with Gasteiger partial charge in [-0.25, -0.2) is 14.1 Å². The van der Waals surface area contributed by atoms with E-state index < -0.39 is 0 Å². The van der Waals surface area contributed by atoms with E-state index in [0.29, 0.717) is 22.3 Å². The van der Waals surface area contributed by atoms with Crippen LogP contribution in [0.2, 0.25) is 0 Å². The van der Waals surface area contributed by atoms with Gasteiger partial charge in [0, 0.05) is 11.8 Å². The molecule has 0 bridgehead atoms. The summed E-state index contributed by atoms with van der Waals surface area (Å²) in [4.78, 5) is 4.20. The number of nitriles is 1. The maximum Gasteiger partial charge on any atom is 0.172 e. The first kappa shape index (κ1) is 11.4. The van der Waals surface area contributed by atoms with Crippen LogP contribution in [0, 0.1) is 17.1 Å². The van der Waals surface area contributed by atoms with Crippen molar-refractivity contribution in [1.82, 2.24) is 14.8 Å². The van der Waals surface area contributed by atoms with Crippen molar-refractivity contribution in [3.05, 3.63) is 59.7 Å². The van der Waals surface area contributed by atoms with Crippen molar-refractivity contribution >= 4 is 11.0 Å². The Balaban J connectivity index is 2.12. The van der Waals surface area contributed by atoms with Gasteiger partial charge in [-0.3, -0.25) is 0 Å². The number of benzene rings is 1. The molecule has 0 saturated carbocycles. The molecule has 92 valence electrons. The molecule has 3 aromatic rings. The fourth-order valence-electron chi connectivity index (χ4n) is 1.99. The molecule has 0 amide bonds. The fourth-order valence-corrected chi connectivity index (χ4v) is 1.99. The van der Waals surface area contributed by atoms with Gasteiger partial charge in [-0.05, 0) is 18.2 Å². The van der Waals surface area contributed by atoms with Crippen molar-refractivity contribution in [2.24, 2.45) is 0 Å². The van der Waals surface area contributed by atoms with Crippen LogP contribution >= 0.6 is 0 Å².